The lowest BCUT2D eigenvalue weighted by Crippen LogP contribution is -2.51. The van der Waals surface area contributed by atoms with E-state index in [2.05, 4.69) is 24.2 Å². The number of ether oxygens (including phenoxy) is 1. The molecule has 0 spiro atoms. The monoisotopic (exact) mass is 240 g/mol. The Morgan fingerprint density at radius 1 is 1.24 bits per heavy atom. The van der Waals surface area contributed by atoms with Crippen LogP contribution in [0.5, 0.6) is 0 Å². The number of nitrogens with zero attached hydrogens (tertiary/aromatic N) is 1. The molecule has 1 saturated heterocycles. The summed E-state index contributed by atoms with van der Waals surface area (Å²) in [5.41, 5.74) is 0. The Hall–Kier alpha value is -0.120. The summed E-state index contributed by atoms with van der Waals surface area (Å²) in [6, 6.07) is 1.40. The van der Waals surface area contributed by atoms with Gasteiger partial charge < -0.3 is 15.0 Å². The molecule has 2 rings (SSSR count). The molecule has 1 saturated carbocycles. The first-order chi connectivity index (χ1) is 8.19. The second-order valence-electron chi connectivity index (χ2n) is 6.02. The number of rotatable bonds is 3. The maximum Gasteiger partial charge on any atom is 0.0586 e. The van der Waals surface area contributed by atoms with E-state index in [1.165, 1.54) is 45.2 Å². The molecule has 0 radical (unpaired) electrons. The predicted molar refractivity (Wildman–Crippen MR) is 71.3 cm³/mol. The highest BCUT2D eigenvalue weighted by molar-refractivity contribution is 4.87. The van der Waals surface area contributed by atoms with Crippen molar-refractivity contribution in [3.63, 3.8) is 0 Å². The topological polar surface area (TPSA) is 24.5 Å². The summed E-state index contributed by atoms with van der Waals surface area (Å²) in [4.78, 5) is 2.45. The van der Waals surface area contributed by atoms with Crippen molar-refractivity contribution in [3.8, 4) is 0 Å². The van der Waals surface area contributed by atoms with Gasteiger partial charge >= 0.3 is 0 Å². The quantitative estimate of drug-likeness (QED) is 0.815. The molecule has 1 aliphatic heterocycles. The van der Waals surface area contributed by atoms with Gasteiger partial charge in [-0.2, -0.15) is 0 Å². The van der Waals surface area contributed by atoms with Gasteiger partial charge in [-0.3, -0.25) is 0 Å². The van der Waals surface area contributed by atoms with E-state index in [1.54, 1.807) is 0 Å². The van der Waals surface area contributed by atoms with E-state index in [0.717, 1.165) is 5.92 Å². The van der Waals surface area contributed by atoms with Crippen LogP contribution < -0.4 is 5.32 Å². The summed E-state index contributed by atoms with van der Waals surface area (Å²) in [6.45, 7) is 4.85. The summed E-state index contributed by atoms with van der Waals surface area (Å²) < 4.78 is 5.51. The second-order valence-corrected chi connectivity index (χ2v) is 6.02. The third kappa shape index (κ3) is 3.67. The lowest BCUT2D eigenvalue weighted by molar-refractivity contribution is 0.0519. The van der Waals surface area contributed by atoms with Gasteiger partial charge in [-0.25, -0.2) is 0 Å². The first kappa shape index (κ1) is 13.3. The van der Waals surface area contributed by atoms with Crippen molar-refractivity contribution in [2.45, 2.75) is 57.2 Å². The SMILES string of the molecule is COC1CCCC(NC2CCN(C)CC2C)C1. The van der Waals surface area contributed by atoms with Gasteiger partial charge in [0.1, 0.15) is 0 Å². The standard InChI is InChI=1S/C14H28N2O/c1-11-10-16(2)8-7-14(11)15-12-5-4-6-13(9-12)17-3/h11-15H,4-10H2,1-3H3. The smallest absolute Gasteiger partial charge is 0.0586 e. The minimum absolute atomic E-state index is 0.489. The minimum Gasteiger partial charge on any atom is -0.381 e. The van der Waals surface area contributed by atoms with Crippen molar-refractivity contribution >= 4 is 0 Å². The van der Waals surface area contributed by atoms with Crippen molar-refractivity contribution in [2.24, 2.45) is 5.92 Å². The van der Waals surface area contributed by atoms with Gasteiger partial charge in [0.05, 0.1) is 6.10 Å². The van der Waals surface area contributed by atoms with Gasteiger partial charge in [0.25, 0.3) is 0 Å². The molecule has 2 aliphatic rings. The normalized spacial score (nSPS) is 40.4. The first-order valence-corrected chi connectivity index (χ1v) is 7.16. The molecule has 4 atom stereocenters. The third-order valence-corrected chi connectivity index (χ3v) is 4.52. The number of hydrogen-bond donors (Lipinski definition) is 1. The number of methoxy groups -OCH3 is 1. The Kier molecular flexibility index (Phi) is 4.83. The van der Waals surface area contributed by atoms with Crippen molar-refractivity contribution < 1.29 is 4.74 Å². The molecular weight excluding hydrogens is 212 g/mol. The second kappa shape index (κ2) is 6.17. The summed E-state index contributed by atoms with van der Waals surface area (Å²) in [5.74, 6) is 0.775. The molecule has 0 bridgehead atoms. The molecule has 2 fully saturated rings. The fourth-order valence-electron chi connectivity index (χ4n) is 3.41. The van der Waals surface area contributed by atoms with Gasteiger partial charge in [-0.1, -0.05) is 6.92 Å². The van der Waals surface area contributed by atoms with E-state index in [1.807, 2.05) is 7.11 Å². The van der Waals surface area contributed by atoms with E-state index in [0.29, 0.717) is 18.2 Å². The van der Waals surface area contributed by atoms with Gasteiger partial charge in [0.15, 0.2) is 0 Å². The van der Waals surface area contributed by atoms with Crippen LogP contribution in [0.25, 0.3) is 0 Å². The Bertz CT molecular complexity index is 234. The Labute approximate surface area is 106 Å². The zero-order valence-corrected chi connectivity index (χ0v) is 11.6. The fourth-order valence-corrected chi connectivity index (χ4v) is 3.41. The van der Waals surface area contributed by atoms with Crippen LogP contribution in [0.15, 0.2) is 0 Å². The lowest BCUT2D eigenvalue weighted by Gasteiger charge is -2.39. The van der Waals surface area contributed by atoms with E-state index in [-0.39, 0.29) is 0 Å². The molecule has 1 N–H and O–H groups in total. The third-order valence-electron chi connectivity index (χ3n) is 4.52. The average molecular weight is 240 g/mol. The zero-order valence-electron chi connectivity index (χ0n) is 11.6. The summed E-state index contributed by atoms with van der Waals surface area (Å²) >= 11 is 0. The highest BCUT2D eigenvalue weighted by Crippen LogP contribution is 2.23. The van der Waals surface area contributed by atoms with Crippen LogP contribution in [0, 0.1) is 5.92 Å². The van der Waals surface area contributed by atoms with E-state index in [4.69, 9.17) is 4.74 Å². The Morgan fingerprint density at radius 3 is 2.76 bits per heavy atom. The predicted octanol–water partition coefficient (Wildman–Crippen LogP) is 1.87. The van der Waals surface area contributed by atoms with Crippen LogP contribution in [-0.2, 0) is 4.74 Å². The maximum absolute atomic E-state index is 5.51. The largest absolute Gasteiger partial charge is 0.381 e. The molecule has 0 aromatic rings. The molecule has 3 nitrogen and oxygen atoms in total. The van der Waals surface area contributed by atoms with E-state index >= 15 is 0 Å². The number of likely N-dealkylation sites (tertiary alicyclic amines) is 1. The minimum atomic E-state index is 0.489. The van der Waals surface area contributed by atoms with Crippen LogP contribution >= 0.6 is 0 Å². The molecule has 100 valence electrons. The molecular formula is C14H28N2O. The van der Waals surface area contributed by atoms with Crippen LogP contribution in [0.3, 0.4) is 0 Å². The molecule has 0 aromatic carbocycles. The van der Waals surface area contributed by atoms with Crippen molar-refractivity contribution in [1.82, 2.24) is 10.2 Å². The first-order valence-electron chi connectivity index (χ1n) is 7.16. The van der Waals surface area contributed by atoms with Gasteiger partial charge in [-0.05, 0) is 51.6 Å². The molecule has 1 aliphatic carbocycles. The summed E-state index contributed by atoms with van der Waals surface area (Å²) in [6.07, 6.45) is 6.89. The average Bonchev–Trinajstić information content (AvgIpc) is 2.33. The molecule has 4 unspecified atom stereocenters. The maximum atomic E-state index is 5.51. The van der Waals surface area contributed by atoms with Gasteiger partial charge in [0, 0.05) is 25.7 Å². The zero-order chi connectivity index (χ0) is 12.3. The molecule has 0 aromatic heterocycles. The molecule has 0 amide bonds. The van der Waals surface area contributed by atoms with E-state index < -0.39 is 0 Å². The van der Waals surface area contributed by atoms with E-state index in [9.17, 15) is 0 Å². The number of nitrogens with one attached hydrogen (secondary N) is 1. The number of piperidine rings is 1. The fraction of sp³-hybridized carbons (Fsp3) is 1.00. The molecule has 3 heteroatoms. The highest BCUT2D eigenvalue weighted by atomic mass is 16.5. The number of hydrogen-bond acceptors (Lipinski definition) is 3. The molecule has 1 heterocycles. The Balaban J connectivity index is 1.79. The highest BCUT2D eigenvalue weighted by Gasteiger charge is 2.28. The van der Waals surface area contributed by atoms with Crippen LogP contribution in [0.4, 0.5) is 0 Å². The van der Waals surface area contributed by atoms with Crippen LogP contribution in [0.2, 0.25) is 0 Å². The van der Waals surface area contributed by atoms with Gasteiger partial charge in [0.2, 0.25) is 0 Å². The lowest BCUT2D eigenvalue weighted by atomic mass is 9.88. The summed E-state index contributed by atoms with van der Waals surface area (Å²) in [7, 11) is 4.08. The van der Waals surface area contributed by atoms with Crippen molar-refractivity contribution in [3.05, 3.63) is 0 Å². The van der Waals surface area contributed by atoms with Crippen molar-refractivity contribution in [2.75, 3.05) is 27.2 Å². The Morgan fingerprint density at radius 2 is 2.06 bits per heavy atom. The molecule has 17 heavy (non-hydrogen) atoms. The van der Waals surface area contributed by atoms with Crippen molar-refractivity contribution in [1.29, 1.82) is 0 Å². The summed E-state index contributed by atoms with van der Waals surface area (Å²) in [5, 5.41) is 3.89. The van der Waals surface area contributed by atoms with Crippen LogP contribution in [0.1, 0.15) is 39.0 Å². The van der Waals surface area contributed by atoms with Gasteiger partial charge in [-0.15, -0.1) is 0 Å². The van der Waals surface area contributed by atoms with Crippen LogP contribution in [-0.4, -0.2) is 50.3 Å².